The molecule has 0 radical (unpaired) electrons. The van der Waals surface area contributed by atoms with Crippen molar-refractivity contribution >= 4 is 5.69 Å². The Morgan fingerprint density at radius 3 is 2.64 bits per heavy atom. The van der Waals surface area contributed by atoms with Crippen molar-refractivity contribution in [2.75, 3.05) is 12.8 Å². The molecule has 1 aliphatic carbocycles. The fraction of sp³-hybridized carbons (Fsp3) is 0.400. The fourth-order valence-electron chi connectivity index (χ4n) is 3.61. The molecule has 0 heterocycles. The number of fused-ring (bicyclic) bond motifs is 1. The molecule has 0 aliphatic heterocycles. The molecular formula is C20H26N2O3. The Hall–Kier alpha value is -2.24. The van der Waals surface area contributed by atoms with Crippen LogP contribution in [-0.2, 0) is 12.8 Å². The molecule has 25 heavy (non-hydrogen) atoms. The fourth-order valence-corrected chi connectivity index (χ4v) is 3.61. The summed E-state index contributed by atoms with van der Waals surface area (Å²) in [5.74, 6) is 0.940. The van der Waals surface area contributed by atoms with E-state index < -0.39 is 6.10 Å². The molecule has 1 aliphatic rings. The molecule has 0 saturated carbocycles. The predicted molar refractivity (Wildman–Crippen MR) is 98.9 cm³/mol. The number of hydrogen-bond acceptors (Lipinski definition) is 5. The van der Waals surface area contributed by atoms with Gasteiger partial charge in [-0.05, 0) is 61.1 Å². The number of ether oxygens (including phenoxy) is 1. The van der Waals surface area contributed by atoms with E-state index in [0.29, 0.717) is 5.69 Å². The highest BCUT2D eigenvalue weighted by Crippen LogP contribution is 2.37. The largest absolute Gasteiger partial charge is 0.506 e. The van der Waals surface area contributed by atoms with Gasteiger partial charge in [-0.2, -0.15) is 0 Å². The van der Waals surface area contributed by atoms with Gasteiger partial charge in [-0.15, -0.1) is 0 Å². The number of nitrogen functional groups attached to an aromatic ring is 1. The Labute approximate surface area is 148 Å². The maximum absolute atomic E-state index is 10.7. The smallest absolute Gasteiger partial charge is 0.138 e. The van der Waals surface area contributed by atoms with Gasteiger partial charge < -0.3 is 26.0 Å². The summed E-state index contributed by atoms with van der Waals surface area (Å²) in [5.41, 5.74) is 9.24. The summed E-state index contributed by atoms with van der Waals surface area (Å²) in [6, 6.07) is 11.6. The highest BCUT2D eigenvalue weighted by atomic mass is 16.5. The maximum Gasteiger partial charge on any atom is 0.138 e. The molecule has 3 atom stereocenters. The molecule has 5 N–H and O–H groups in total. The third kappa shape index (κ3) is 3.72. The number of benzene rings is 2. The molecule has 2 aromatic carbocycles. The van der Waals surface area contributed by atoms with Gasteiger partial charge in [-0.25, -0.2) is 0 Å². The summed E-state index contributed by atoms with van der Waals surface area (Å²) < 4.78 is 5.18. The lowest BCUT2D eigenvalue weighted by Gasteiger charge is -2.33. The summed E-state index contributed by atoms with van der Waals surface area (Å²) >= 11 is 0. The number of aliphatic hydroxyl groups excluding tert-OH is 1. The average molecular weight is 342 g/mol. The number of phenols is 1. The van der Waals surface area contributed by atoms with Crippen LogP contribution < -0.4 is 15.8 Å². The summed E-state index contributed by atoms with van der Waals surface area (Å²) in [6.45, 7) is 2.12. The van der Waals surface area contributed by atoms with Crippen molar-refractivity contribution in [3.05, 3.63) is 53.1 Å². The first-order chi connectivity index (χ1) is 12.0. The lowest BCUT2D eigenvalue weighted by molar-refractivity contribution is 0.109. The summed E-state index contributed by atoms with van der Waals surface area (Å²) in [7, 11) is 1.66. The molecule has 134 valence electrons. The van der Waals surface area contributed by atoms with Gasteiger partial charge in [0.15, 0.2) is 0 Å². The molecule has 2 aromatic rings. The Kier molecular flexibility index (Phi) is 5.16. The van der Waals surface area contributed by atoms with E-state index in [0.717, 1.165) is 36.1 Å². The average Bonchev–Trinajstić information content (AvgIpc) is 2.61. The van der Waals surface area contributed by atoms with Crippen molar-refractivity contribution in [3.8, 4) is 11.5 Å². The summed E-state index contributed by atoms with van der Waals surface area (Å²) in [6.07, 6.45) is 1.79. The number of aliphatic hydroxyl groups is 1. The van der Waals surface area contributed by atoms with E-state index in [1.165, 1.54) is 5.56 Å². The van der Waals surface area contributed by atoms with E-state index in [-0.39, 0.29) is 17.8 Å². The van der Waals surface area contributed by atoms with E-state index >= 15 is 0 Å². The molecule has 0 bridgehead atoms. The normalized spacial score (nSPS) is 20.8. The van der Waals surface area contributed by atoms with Crippen molar-refractivity contribution in [2.45, 2.75) is 44.4 Å². The van der Waals surface area contributed by atoms with Crippen LogP contribution in [0.5, 0.6) is 11.5 Å². The lowest BCUT2D eigenvalue weighted by atomic mass is 9.84. The van der Waals surface area contributed by atoms with E-state index in [9.17, 15) is 10.2 Å². The standard InChI is InChI=1S/C20H26N2O3/c1-12(11-13-3-5-14(25-2)6-4-13)22-17-9-7-15-16(20(17)24)8-10-18(23)19(15)21/h3-6,8,10,12,17,20,22-24H,7,9,11,21H2,1-2H3/t12?,17-,20-/m1/s1. The molecule has 0 saturated heterocycles. The molecule has 3 rings (SSSR count). The molecule has 0 amide bonds. The minimum atomic E-state index is -0.620. The molecule has 0 aromatic heterocycles. The van der Waals surface area contributed by atoms with E-state index in [4.69, 9.17) is 10.5 Å². The molecule has 5 nitrogen and oxygen atoms in total. The SMILES string of the molecule is COc1ccc(CC(C)N[C@@H]2CCc3c(ccc(O)c3N)[C@H]2O)cc1. The van der Waals surface area contributed by atoms with Crippen LogP contribution in [0.4, 0.5) is 5.69 Å². The third-order valence-corrected chi connectivity index (χ3v) is 4.97. The van der Waals surface area contributed by atoms with Gasteiger partial charge in [0, 0.05) is 12.1 Å². The third-order valence-electron chi connectivity index (χ3n) is 4.97. The highest BCUT2D eigenvalue weighted by Gasteiger charge is 2.30. The van der Waals surface area contributed by atoms with Gasteiger partial charge in [0.2, 0.25) is 0 Å². The first-order valence-electron chi connectivity index (χ1n) is 8.67. The van der Waals surface area contributed by atoms with Crippen molar-refractivity contribution in [1.82, 2.24) is 5.32 Å². The second-order valence-corrected chi connectivity index (χ2v) is 6.78. The monoisotopic (exact) mass is 342 g/mol. The summed E-state index contributed by atoms with van der Waals surface area (Å²) in [5, 5.41) is 24.0. The highest BCUT2D eigenvalue weighted by molar-refractivity contribution is 5.62. The van der Waals surface area contributed by atoms with Gasteiger partial charge in [0.25, 0.3) is 0 Å². The zero-order valence-electron chi connectivity index (χ0n) is 14.7. The van der Waals surface area contributed by atoms with Gasteiger partial charge >= 0.3 is 0 Å². The number of phenolic OH excluding ortho intramolecular Hbond substituents is 1. The minimum Gasteiger partial charge on any atom is -0.506 e. The van der Waals surface area contributed by atoms with Crippen LogP contribution in [0.3, 0.4) is 0 Å². The van der Waals surface area contributed by atoms with Crippen LogP contribution in [-0.4, -0.2) is 29.4 Å². The van der Waals surface area contributed by atoms with Crippen molar-refractivity contribution < 1.29 is 14.9 Å². The zero-order chi connectivity index (χ0) is 18.0. The number of nitrogens with two attached hydrogens (primary N) is 1. The number of methoxy groups -OCH3 is 1. The van der Waals surface area contributed by atoms with Crippen molar-refractivity contribution in [2.24, 2.45) is 0 Å². The van der Waals surface area contributed by atoms with Gasteiger partial charge in [-0.1, -0.05) is 18.2 Å². The molecule has 5 heteroatoms. The van der Waals surface area contributed by atoms with Crippen LogP contribution in [0.25, 0.3) is 0 Å². The van der Waals surface area contributed by atoms with Crippen LogP contribution in [0, 0.1) is 0 Å². The second-order valence-electron chi connectivity index (χ2n) is 6.78. The van der Waals surface area contributed by atoms with E-state index in [1.54, 1.807) is 19.2 Å². The first-order valence-corrected chi connectivity index (χ1v) is 8.67. The Morgan fingerprint density at radius 2 is 1.96 bits per heavy atom. The van der Waals surface area contributed by atoms with E-state index in [2.05, 4.69) is 24.4 Å². The molecule has 1 unspecified atom stereocenters. The Balaban J connectivity index is 1.65. The Bertz CT molecular complexity index is 730. The molecular weight excluding hydrogens is 316 g/mol. The Morgan fingerprint density at radius 1 is 1.24 bits per heavy atom. The van der Waals surface area contributed by atoms with Gasteiger partial charge in [0.05, 0.1) is 18.9 Å². The quantitative estimate of drug-likeness (QED) is 0.495. The van der Waals surface area contributed by atoms with Crippen LogP contribution in [0.2, 0.25) is 0 Å². The van der Waals surface area contributed by atoms with Crippen molar-refractivity contribution in [3.63, 3.8) is 0 Å². The number of nitrogens with one attached hydrogen (secondary N) is 1. The summed E-state index contributed by atoms with van der Waals surface area (Å²) in [4.78, 5) is 0. The molecule has 0 fully saturated rings. The topological polar surface area (TPSA) is 87.7 Å². The van der Waals surface area contributed by atoms with Crippen LogP contribution in [0.1, 0.15) is 36.1 Å². The van der Waals surface area contributed by atoms with E-state index in [1.807, 2.05) is 12.1 Å². The zero-order valence-corrected chi connectivity index (χ0v) is 14.7. The van der Waals surface area contributed by atoms with Gasteiger partial charge in [-0.3, -0.25) is 0 Å². The lowest BCUT2D eigenvalue weighted by Crippen LogP contribution is -2.44. The maximum atomic E-state index is 10.7. The predicted octanol–water partition coefficient (Wildman–Crippen LogP) is 2.55. The second kappa shape index (κ2) is 7.33. The first kappa shape index (κ1) is 17.6. The number of aromatic hydroxyl groups is 1. The minimum absolute atomic E-state index is 0.0234. The number of rotatable bonds is 5. The van der Waals surface area contributed by atoms with Crippen molar-refractivity contribution in [1.29, 1.82) is 0 Å². The number of anilines is 1. The number of hydrogen-bond donors (Lipinski definition) is 4. The van der Waals surface area contributed by atoms with Gasteiger partial charge in [0.1, 0.15) is 11.5 Å². The van der Waals surface area contributed by atoms with Crippen LogP contribution in [0.15, 0.2) is 36.4 Å². The van der Waals surface area contributed by atoms with Crippen LogP contribution >= 0.6 is 0 Å². The molecule has 0 spiro atoms.